The number of hydrogen-bond donors (Lipinski definition) is 2. The van der Waals surface area contributed by atoms with Gasteiger partial charge in [-0.05, 0) is 25.1 Å². The Bertz CT molecular complexity index is 667. The van der Waals surface area contributed by atoms with E-state index in [-0.39, 0.29) is 12.1 Å². The van der Waals surface area contributed by atoms with Crippen molar-refractivity contribution in [3.8, 4) is 0 Å². The van der Waals surface area contributed by atoms with Crippen molar-refractivity contribution in [2.24, 2.45) is 0 Å². The van der Waals surface area contributed by atoms with Crippen molar-refractivity contribution in [3.63, 3.8) is 0 Å². The molecule has 0 spiro atoms. The van der Waals surface area contributed by atoms with Gasteiger partial charge in [-0.15, -0.1) is 0 Å². The van der Waals surface area contributed by atoms with Crippen molar-refractivity contribution in [1.82, 2.24) is 9.78 Å². The predicted octanol–water partition coefficient (Wildman–Crippen LogP) is 1.67. The molecule has 6 nitrogen and oxygen atoms in total. The summed E-state index contributed by atoms with van der Waals surface area (Å²) in [6, 6.07) is 5.49. The summed E-state index contributed by atoms with van der Waals surface area (Å²) in [5.74, 6) is -1.97. The molecule has 0 aliphatic rings. The first-order valence-corrected chi connectivity index (χ1v) is 5.78. The molecular weight excluding hydrogens is 265 g/mol. The summed E-state index contributed by atoms with van der Waals surface area (Å²) in [6.07, 6.45) is 1.28. The molecule has 2 N–H and O–H groups in total. The predicted molar refractivity (Wildman–Crippen MR) is 69.0 cm³/mol. The smallest absolute Gasteiger partial charge is 0.339 e. The Balaban J connectivity index is 2.05. The number of aromatic nitrogens is 2. The number of nitrogens with one attached hydrogen (secondary N) is 1. The Hall–Kier alpha value is -2.70. The van der Waals surface area contributed by atoms with Gasteiger partial charge in [0, 0.05) is 11.9 Å². The van der Waals surface area contributed by atoms with E-state index in [1.165, 1.54) is 29.1 Å². The van der Waals surface area contributed by atoms with Gasteiger partial charge < -0.3 is 10.4 Å². The monoisotopic (exact) mass is 277 g/mol. The number of nitrogens with zero attached hydrogens (tertiary/aromatic N) is 2. The van der Waals surface area contributed by atoms with E-state index < -0.39 is 17.7 Å². The van der Waals surface area contributed by atoms with E-state index in [9.17, 15) is 14.0 Å². The summed E-state index contributed by atoms with van der Waals surface area (Å²) in [4.78, 5) is 22.6. The third kappa shape index (κ3) is 3.19. The Morgan fingerprint density at radius 3 is 2.80 bits per heavy atom. The van der Waals surface area contributed by atoms with Crippen molar-refractivity contribution in [1.29, 1.82) is 0 Å². The Kier molecular flexibility index (Phi) is 3.79. The van der Waals surface area contributed by atoms with Crippen LogP contribution in [0.3, 0.4) is 0 Å². The minimum absolute atomic E-state index is 0.0450. The highest BCUT2D eigenvalue weighted by atomic mass is 19.1. The Labute approximate surface area is 113 Å². The minimum Gasteiger partial charge on any atom is -0.478 e. The number of halogens is 1. The van der Waals surface area contributed by atoms with Crippen LogP contribution in [0.2, 0.25) is 0 Å². The van der Waals surface area contributed by atoms with Crippen LogP contribution in [-0.2, 0) is 11.3 Å². The van der Waals surface area contributed by atoms with Gasteiger partial charge in [0.05, 0.1) is 5.69 Å². The maximum atomic E-state index is 13.0. The van der Waals surface area contributed by atoms with Gasteiger partial charge in [0.2, 0.25) is 5.91 Å². The van der Waals surface area contributed by atoms with Crippen LogP contribution in [0.1, 0.15) is 16.1 Å². The highest BCUT2D eigenvalue weighted by Gasteiger charge is 2.13. The quantitative estimate of drug-likeness (QED) is 0.890. The zero-order valence-electron chi connectivity index (χ0n) is 10.6. The van der Waals surface area contributed by atoms with Gasteiger partial charge in [-0.25, -0.2) is 9.18 Å². The largest absolute Gasteiger partial charge is 0.478 e. The fourth-order valence-corrected chi connectivity index (χ4v) is 1.72. The number of rotatable bonds is 4. The maximum absolute atomic E-state index is 13.0. The van der Waals surface area contributed by atoms with E-state index >= 15 is 0 Å². The van der Waals surface area contributed by atoms with Gasteiger partial charge in [-0.3, -0.25) is 9.48 Å². The van der Waals surface area contributed by atoms with Crippen molar-refractivity contribution < 1.29 is 19.1 Å². The first-order chi connectivity index (χ1) is 9.45. The number of aromatic carboxylic acids is 1. The molecule has 0 saturated heterocycles. The third-order valence-corrected chi connectivity index (χ3v) is 2.59. The Morgan fingerprint density at radius 1 is 1.45 bits per heavy atom. The minimum atomic E-state index is -1.10. The standard InChI is InChI=1S/C13H12FN3O3/c1-8-11(13(19)20)6-17(16-8)7-12(18)15-10-4-2-3-9(14)5-10/h2-6H,7H2,1H3,(H,15,18)(H,19,20). The first kappa shape index (κ1) is 13.7. The molecule has 0 saturated carbocycles. The number of carbonyl (C=O) groups is 2. The molecule has 20 heavy (non-hydrogen) atoms. The molecule has 1 aromatic carbocycles. The third-order valence-electron chi connectivity index (χ3n) is 2.59. The van der Waals surface area contributed by atoms with Crippen LogP contribution in [0.15, 0.2) is 30.5 Å². The molecule has 2 rings (SSSR count). The molecule has 0 aliphatic carbocycles. The number of anilines is 1. The number of carbonyl (C=O) groups excluding carboxylic acids is 1. The normalized spacial score (nSPS) is 10.3. The fourth-order valence-electron chi connectivity index (χ4n) is 1.72. The number of hydrogen-bond acceptors (Lipinski definition) is 3. The lowest BCUT2D eigenvalue weighted by Crippen LogP contribution is -2.19. The molecule has 1 heterocycles. The summed E-state index contributed by atoms with van der Waals surface area (Å²) >= 11 is 0. The molecule has 0 unspecified atom stereocenters. The molecule has 1 amide bonds. The Morgan fingerprint density at radius 2 is 2.20 bits per heavy atom. The van der Waals surface area contributed by atoms with Crippen LogP contribution in [0.5, 0.6) is 0 Å². The van der Waals surface area contributed by atoms with E-state index in [0.29, 0.717) is 11.4 Å². The lowest BCUT2D eigenvalue weighted by molar-refractivity contribution is -0.116. The molecule has 0 fully saturated rings. The van der Waals surface area contributed by atoms with Gasteiger partial charge >= 0.3 is 5.97 Å². The summed E-state index contributed by atoms with van der Waals surface area (Å²) in [6.45, 7) is 1.40. The van der Waals surface area contributed by atoms with Gasteiger partial charge in [0.1, 0.15) is 17.9 Å². The second-order valence-electron chi connectivity index (χ2n) is 4.19. The van der Waals surface area contributed by atoms with E-state index in [1.54, 1.807) is 13.0 Å². The van der Waals surface area contributed by atoms with E-state index in [2.05, 4.69) is 10.4 Å². The van der Waals surface area contributed by atoms with Crippen LogP contribution in [0, 0.1) is 12.7 Å². The first-order valence-electron chi connectivity index (χ1n) is 5.78. The highest BCUT2D eigenvalue weighted by molar-refractivity contribution is 5.91. The SMILES string of the molecule is Cc1nn(CC(=O)Nc2cccc(F)c2)cc1C(=O)O. The second kappa shape index (κ2) is 5.52. The number of benzene rings is 1. The number of carboxylic acids is 1. The zero-order valence-corrected chi connectivity index (χ0v) is 10.6. The average molecular weight is 277 g/mol. The van der Waals surface area contributed by atoms with E-state index in [4.69, 9.17) is 5.11 Å². The van der Waals surface area contributed by atoms with E-state index in [1.807, 2.05) is 0 Å². The molecule has 0 bridgehead atoms. The maximum Gasteiger partial charge on any atom is 0.339 e. The van der Waals surface area contributed by atoms with Crippen LogP contribution >= 0.6 is 0 Å². The van der Waals surface area contributed by atoms with Gasteiger partial charge in [0.15, 0.2) is 0 Å². The summed E-state index contributed by atoms with van der Waals surface area (Å²) < 4.78 is 14.2. The van der Waals surface area contributed by atoms with Gasteiger partial charge in [-0.1, -0.05) is 6.07 Å². The molecule has 1 aromatic heterocycles. The van der Waals surface area contributed by atoms with Crippen LogP contribution in [0.25, 0.3) is 0 Å². The van der Waals surface area contributed by atoms with Gasteiger partial charge in [0.25, 0.3) is 0 Å². The average Bonchev–Trinajstić information content (AvgIpc) is 2.70. The van der Waals surface area contributed by atoms with Crippen molar-refractivity contribution in [2.45, 2.75) is 13.5 Å². The van der Waals surface area contributed by atoms with Crippen molar-refractivity contribution in [3.05, 3.63) is 47.5 Å². The molecule has 7 heteroatoms. The second-order valence-corrected chi connectivity index (χ2v) is 4.19. The van der Waals surface area contributed by atoms with E-state index in [0.717, 1.165) is 0 Å². The number of aryl methyl sites for hydroxylation is 1. The molecular formula is C13H12FN3O3. The van der Waals surface area contributed by atoms with Crippen molar-refractivity contribution >= 4 is 17.6 Å². The molecule has 0 radical (unpaired) electrons. The zero-order chi connectivity index (χ0) is 14.7. The number of amides is 1. The van der Waals surface area contributed by atoms with Crippen LogP contribution in [0.4, 0.5) is 10.1 Å². The highest BCUT2D eigenvalue weighted by Crippen LogP contribution is 2.10. The van der Waals surface area contributed by atoms with Crippen LogP contribution in [-0.4, -0.2) is 26.8 Å². The lowest BCUT2D eigenvalue weighted by atomic mass is 10.3. The fraction of sp³-hybridized carbons (Fsp3) is 0.154. The van der Waals surface area contributed by atoms with Gasteiger partial charge in [-0.2, -0.15) is 5.10 Å². The number of carboxylic acid groups (broad SMARTS) is 1. The summed E-state index contributed by atoms with van der Waals surface area (Å²) in [5.41, 5.74) is 0.706. The summed E-state index contributed by atoms with van der Waals surface area (Å²) in [5, 5.41) is 15.3. The van der Waals surface area contributed by atoms with Crippen LogP contribution < -0.4 is 5.32 Å². The molecule has 0 aliphatic heterocycles. The lowest BCUT2D eigenvalue weighted by Gasteiger charge is -2.05. The topological polar surface area (TPSA) is 84.2 Å². The van der Waals surface area contributed by atoms with Crippen molar-refractivity contribution in [2.75, 3.05) is 5.32 Å². The summed E-state index contributed by atoms with van der Waals surface area (Å²) in [7, 11) is 0. The molecule has 0 atom stereocenters. The molecule has 2 aromatic rings. The molecule has 104 valence electrons.